The first-order chi connectivity index (χ1) is 7.90. The fraction of sp³-hybridized carbons (Fsp3) is 0.700. The third-order valence-corrected chi connectivity index (χ3v) is 2.50. The highest BCUT2D eigenvalue weighted by Gasteiger charge is 2.28. The number of hydrogen-bond donors (Lipinski definition) is 2. The summed E-state index contributed by atoms with van der Waals surface area (Å²) < 4.78 is 0. The summed E-state index contributed by atoms with van der Waals surface area (Å²) in [6, 6.07) is -0.474. The maximum Gasteiger partial charge on any atom is 0.323 e. The summed E-state index contributed by atoms with van der Waals surface area (Å²) in [6.45, 7) is -0.301. The molecule has 7 heteroatoms. The molecule has 0 aliphatic heterocycles. The van der Waals surface area contributed by atoms with E-state index in [2.05, 4.69) is 0 Å². The minimum atomic E-state index is -1.17. The Morgan fingerprint density at radius 3 is 2.29 bits per heavy atom. The Morgan fingerprint density at radius 2 is 1.88 bits per heavy atom. The second kappa shape index (κ2) is 5.51. The molecule has 3 amide bonds. The van der Waals surface area contributed by atoms with Crippen LogP contribution in [-0.4, -0.2) is 59.5 Å². The molecular weight excluding hydrogens is 226 g/mol. The molecule has 0 atom stereocenters. The zero-order chi connectivity index (χ0) is 13.0. The number of nitrogens with two attached hydrogens (primary N) is 1. The SMILES string of the molecule is CN(CC1CC1)C(=O)N(CC(N)=O)CC(=O)O. The van der Waals surface area contributed by atoms with E-state index in [4.69, 9.17) is 10.8 Å². The molecule has 0 aromatic carbocycles. The molecule has 0 spiro atoms. The summed E-state index contributed by atoms with van der Waals surface area (Å²) in [4.78, 5) is 35.6. The summed E-state index contributed by atoms with van der Waals surface area (Å²) in [5.74, 6) is -1.39. The van der Waals surface area contributed by atoms with Gasteiger partial charge in [-0.25, -0.2) is 4.79 Å². The van der Waals surface area contributed by atoms with E-state index in [1.54, 1.807) is 7.05 Å². The minimum Gasteiger partial charge on any atom is -0.480 e. The fourth-order valence-corrected chi connectivity index (χ4v) is 1.55. The van der Waals surface area contributed by atoms with E-state index in [0.29, 0.717) is 12.5 Å². The third-order valence-electron chi connectivity index (χ3n) is 2.50. The Labute approximate surface area is 99.2 Å². The Hall–Kier alpha value is -1.79. The predicted molar refractivity (Wildman–Crippen MR) is 59.2 cm³/mol. The van der Waals surface area contributed by atoms with Crippen LogP contribution in [0.4, 0.5) is 4.79 Å². The van der Waals surface area contributed by atoms with E-state index in [-0.39, 0.29) is 6.54 Å². The topological polar surface area (TPSA) is 104 Å². The van der Waals surface area contributed by atoms with Crippen molar-refractivity contribution in [1.82, 2.24) is 9.80 Å². The minimum absolute atomic E-state index is 0.375. The number of amides is 3. The molecule has 3 N–H and O–H groups in total. The van der Waals surface area contributed by atoms with Crippen LogP contribution in [-0.2, 0) is 9.59 Å². The van der Waals surface area contributed by atoms with Crippen LogP contribution in [0.5, 0.6) is 0 Å². The van der Waals surface area contributed by atoms with Gasteiger partial charge in [-0.3, -0.25) is 9.59 Å². The van der Waals surface area contributed by atoms with E-state index in [1.807, 2.05) is 0 Å². The average molecular weight is 243 g/mol. The highest BCUT2D eigenvalue weighted by atomic mass is 16.4. The van der Waals surface area contributed by atoms with E-state index < -0.39 is 24.5 Å². The molecule has 0 heterocycles. The first kappa shape index (κ1) is 13.3. The number of carboxylic acid groups (broad SMARTS) is 1. The van der Waals surface area contributed by atoms with E-state index in [1.165, 1.54) is 4.90 Å². The fourth-order valence-electron chi connectivity index (χ4n) is 1.55. The molecule has 0 radical (unpaired) electrons. The van der Waals surface area contributed by atoms with Crippen LogP contribution in [0.1, 0.15) is 12.8 Å². The summed E-state index contributed by atoms with van der Waals surface area (Å²) in [5.41, 5.74) is 4.98. The Kier molecular flexibility index (Phi) is 4.30. The molecule has 1 fully saturated rings. The number of carbonyl (C=O) groups is 3. The molecule has 1 aliphatic carbocycles. The lowest BCUT2D eigenvalue weighted by Crippen LogP contribution is -2.47. The number of aliphatic carboxylic acids is 1. The number of urea groups is 1. The zero-order valence-electron chi connectivity index (χ0n) is 9.76. The van der Waals surface area contributed by atoms with Crippen molar-refractivity contribution in [1.29, 1.82) is 0 Å². The second-order valence-electron chi connectivity index (χ2n) is 4.32. The monoisotopic (exact) mass is 243 g/mol. The lowest BCUT2D eigenvalue weighted by Gasteiger charge is -2.25. The molecule has 17 heavy (non-hydrogen) atoms. The summed E-state index contributed by atoms with van der Waals surface area (Å²) in [5, 5.41) is 8.66. The van der Waals surface area contributed by atoms with Gasteiger partial charge in [-0.05, 0) is 18.8 Å². The van der Waals surface area contributed by atoms with Crippen molar-refractivity contribution in [3.8, 4) is 0 Å². The molecule has 0 unspecified atom stereocenters. The van der Waals surface area contributed by atoms with Gasteiger partial charge in [0.15, 0.2) is 0 Å². The highest BCUT2D eigenvalue weighted by molar-refractivity contribution is 5.85. The Bertz CT molecular complexity index is 312. The first-order valence-corrected chi connectivity index (χ1v) is 5.40. The molecule has 0 aromatic heterocycles. The van der Waals surface area contributed by atoms with Gasteiger partial charge in [-0.2, -0.15) is 0 Å². The molecule has 0 bridgehead atoms. The van der Waals surface area contributed by atoms with Crippen molar-refractivity contribution < 1.29 is 19.5 Å². The molecular formula is C10H17N3O4. The maximum atomic E-state index is 11.9. The highest BCUT2D eigenvalue weighted by Crippen LogP contribution is 2.29. The maximum absolute atomic E-state index is 11.9. The molecule has 0 saturated heterocycles. The van der Waals surface area contributed by atoms with Gasteiger partial charge < -0.3 is 20.6 Å². The number of primary amides is 1. The van der Waals surface area contributed by atoms with Gasteiger partial charge in [-0.1, -0.05) is 0 Å². The number of carboxylic acids is 1. The summed E-state index contributed by atoms with van der Waals surface area (Å²) >= 11 is 0. The largest absolute Gasteiger partial charge is 0.480 e. The summed E-state index contributed by atoms with van der Waals surface area (Å²) in [7, 11) is 1.59. The second-order valence-corrected chi connectivity index (χ2v) is 4.32. The molecule has 96 valence electrons. The van der Waals surface area contributed by atoms with Crippen molar-refractivity contribution >= 4 is 17.9 Å². The molecule has 7 nitrogen and oxygen atoms in total. The van der Waals surface area contributed by atoms with Crippen LogP contribution < -0.4 is 5.73 Å². The quantitative estimate of drug-likeness (QED) is 0.645. The van der Waals surface area contributed by atoms with Crippen LogP contribution in [0.15, 0.2) is 0 Å². The van der Waals surface area contributed by atoms with Crippen LogP contribution in [0.2, 0.25) is 0 Å². The molecule has 1 saturated carbocycles. The van der Waals surface area contributed by atoms with Crippen LogP contribution in [0, 0.1) is 5.92 Å². The van der Waals surface area contributed by atoms with E-state index in [9.17, 15) is 14.4 Å². The van der Waals surface area contributed by atoms with Crippen molar-refractivity contribution in [3.63, 3.8) is 0 Å². The van der Waals surface area contributed by atoms with Gasteiger partial charge in [0.1, 0.15) is 13.1 Å². The van der Waals surface area contributed by atoms with Gasteiger partial charge in [-0.15, -0.1) is 0 Å². The first-order valence-electron chi connectivity index (χ1n) is 5.40. The molecule has 1 rings (SSSR count). The van der Waals surface area contributed by atoms with Gasteiger partial charge in [0, 0.05) is 13.6 Å². The summed E-state index contributed by atoms with van der Waals surface area (Å²) in [6.07, 6.45) is 2.18. The number of carbonyl (C=O) groups excluding carboxylic acids is 2. The van der Waals surface area contributed by atoms with E-state index in [0.717, 1.165) is 17.7 Å². The number of rotatable bonds is 6. The van der Waals surface area contributed by atoms with Gasteiger partial charge in [0.25, 0.3) is 0 Å². The molecule has 0 aromatic rings. The standard InChI is InChI=1S/C10H17N3O4/c1-12(4-7-2-3-7)10(17)13(5-8(11)14)6-9(15)16/h7H,2-6H2,1H3,(H2,11,14)(H,15,16). The number of hydrogen-bond acceptors (Lipinski definition) is 3. The predicted octanol–water partition coefficient (Wildman–Crippen LogP) is -0.680. The zero-order valence-corrected chi connectivity index (χ0v) is 9.76. The van der Waals surface area contributed by atoms with Crippen molar-refractivity contribution in [2.75, 3.05) is 26.7 Å². The van der Waals surface area contributed by atoms with Crippen molar-refractivity contribution in [2.24, 2.45) is 11.7 Å². The Morgan fingerprint density at radius 1 is 1.29 bits per heavy atom. The lowest BCUT2D eigenvalue weighted by molar-refractivity contribution is -0.138. The normalized spacial score (nSPS) is 14.2. The number of nitrogens with zero attached hydrogens (tertiary/aromatic N) is 2. The third kappa shape index (κ3) is 4.71. The van der Waals surface area contributed by atoms with Gasteiger partial charge in [0.05, 0.1) is 0 Å². The molecule has 1 aliphatic rings. The van der Waals surface area contributed by atoms with Crippen LogP contribution >= 0.6 is 0 Å². The Balaban J connectivity index is 2.55. The lowest BCUT2D eigenvalue weighted by atomic mass is 10.4. The average Bonchev–Trinajstić information content (AvgIpc) is 2.97. The smallest absolute Gasteiger partial charge is 0.323 e. The van der Waals surface area contributed by atoms with Gasteiger partial charge >= 0.3 is 12.0 Å². The van der Waals surface area contributed by atoms with Crippen molar-refractivity contribution in [2.45, 2.75) is 12.8 Å². The van der Waals surface area contributed by atoms with Gasteiger partial charge in [0.2, 0.25) is 5.91 Å². The van der Waals surface area contributed by atoms with Crippen LogP contribution in [0.3, 0.4) is 0 Å². The van der Waals surface area contributed by atoms with Crippen molar-refractivity contribution in [3.05, 3.63) is 0 Å². The van der Waals surface area contributed by atoms with Crippen LogP contribution in [0.25, 0.3) is 0 Å². The van der Waals surface area contributed by atoms with E-state index >= 15 is 0 Å².